The number of rotatable bonds is 4. The van der Waals surface area contributed by atoms with Crippen LogP contribution in [-0.2, 0) is 0 Å². The van der Waals surface area contributed by atoms with Crippen LogP contribution in [0.5, 0.6) is 11.5 Å². The number of aromatic nitrogens is 4. The number of carbonyl (C=O) groups excluding carboxylic acids is 1. The molecule has 2 saturated heterocycles. The van der Waals surface area contributed by atoms with Crippen molar-refractivity contribution in [2.24, 2.45) is 0 Å². The fourth-order valence-electron chi connectivity index (χ4n) is 3.96. The molecular weight excluding hydrogens is 387 g/mol. The lowest BCUT2D eigenvalue weighted by Gasteiger charge is -2.41. The van der Waals surface area contributed by atoms with Crippen molar-refractivity contribution in [3.63, 3.8) is 0 Å². The average Bonchev–Trinajstić information content (AvgIpc) is 3.41. The SMILES string of the molecule is O=C(N1CC(c2ccc(Oc3ccc(F)cc3)cc2)C1)N1CCC(n2cnnn2)C1. The smallest absolute Gasteiger partial charge is 0.320 e. The minimum absolute atomic E-state index is 0.0816. The summed E-state index contributed by atoms with van der Waals surface area (Å²) in [5, 5.41) is 11.3. The molecule has 2 aliphatic heterocycles. The van der Waals surface area contributed by atoms with Crippen LogP contribution in [0.2, 0.25) is 0 Å². The Morgan fingerprint density at radius 2 is 1.67 bits per heavy atom. The van der Waals surface area contributed by atoms with Crippen molar-refractivity contribution in [1.29, 1.82) is 0 Å². The number of hydrogen-bond acceptors (Lipinski definition) is 5. The number of ether oxygens (including phenoxy) is 1. The van der Waals surface area contributed by atoms with E-state index in [0.29, 0.717) is 37.1 Å². The average molecular weight is 408 g/mol. The quantitative estimate of drug-likeness (QED) is 0.663. The van der Waals surface area contributed by atoms with Crippen LogP contribution >= 0.6 is 0 Å². The Bertz CT molecular complexity index is 1000. The van der Waals surface area contributed by atoms with Gasteiger partial charge in [-0.2, -0.15) is 0 Å². The molecule has 5 rings (SSSR count). The van der Waals surface area contributed by atoms with Crippen LogP contribution in [0.1, 0.15) is 23.9 Å². The highest BCUT2D eigenvalue weighted by Gasteiger charge is 2.37. The number of hydrogen-bond donors (Lipinski definition) is 0. The van der Waals surface area contributed by atoms with E-state index in [4.69, 9.17) is 4.74 Å². The Morgan fingerprint density at radius 3 is 2.33 bits per heavy atom. The zero-order valence-electron chi connectivity index (χ0n) is 16.3. The predicted molar refractivity (Wildman–Crippen MR) is 106 cm³/mol. The maximum atomic E-state index is 13.0. The van der Waals surface area contributed by atoms with Crippen LogP contribution in [0.3, 0.4) is 0 Å². The van der Waals surface area contributed by atoms with Crippen molar-refractivity contribution >= 4 is 6.03 Å². The van der Waals surface area contributed by atoms with Crippen molar-refractivity contribution in [3.05, 3.63) is 66.2 Å². The molecule has 30 heavy (non-hydrogen) atoms. The second-order valence-corrected chi connectivity index (χ2v) is 7.69. The second kappa shape index (κ2) is 7.74. The Morgan fingerprint density at radius 1 is 0.967 bits per heavy atom. The lowest BCUT2D eigenvalue weighted by Crippen LogP contribution is -2.53. The fraction of sp³-hybridized carbons (Fsp3) is 0.333. The number of tetrazole rings is 1. The zero-order chi connectivity index (χ0) is 20.5. The summed E-state index contributed by atoms with van der Waals surface area (Å²) in [5.41, 5.74) is 1.18. The zero-order valence-corrected chi connectivity index (χ0v) is 16.3. The summed E-state index contributed by atoms with van der Waals surface area (Å²) >= 11 is 0. The molecular formula is C21H21FN6O2. The fourth-order valence-corrected chi connectivity index (χ4v) is 3.96. The molecule has 8 nitrogen and oxygen atoms in total. The third-order valence-electron chi connectivity index (χ3n) is 5.73. The van der Waals surface area contributed by atoms with Gasteiger partial charge in [0.15, 0.2) is 0 Å². The summed E-state index contributed by atoms with van der Waals surface area (Å²) < 4.78 is 20.4. The standard InChI is InChI=1S/C21H21FN6O2/c22-17-3-7-20(8-4-17)30-19-5-1-15(2-6-19)16-11-27(12-16)21(29)26-10-9-18(13-26)28-14-23-24-25-28/h1-8,14,16,18H,9-13H2. The van der Waals surface area contributed by atoms with Crippen LogP contribution in [0.25, 0.3) is 0 Å². The first-order valence-electron chi connectivity index (χ1n) is 9.95. The van der Waals surface area contributed by atoms with E-state index in [-0.39, 0.29) is 17.9 Å². The highest BCUT2D eigenvalue weighted by atomic mass is 19.1. The van der Waals surface area contributed by atoms with E-state index >= 15 is 0 Å². The maximum Gasteiger partial charge on any atom is 0.320 e. The molecule has 3 aromatic rings. The van der Waals surface area contributed by atoms with Crippen LogP contribution in [0.15, 0.2) is 54.9 Å². The number of amides is 2. The molecule has 0 radical (unpaired) electrons. The van der Waals surface area contributed by atoms with Gasteiger partial charge in [0.25, 0.3) is 0 Å². The van der Waals surface area contributed by atoms with E-state index in [1.807, 2.05) is 34.1 Å². The molecule has 0 N–H and O–H groups in total. The maximum absolute atomic E-state index is 13.0. The summed E-state index contributed by atoms with van der Waals surface area (Å²) in [6.45, 7) is 2.78. The normalized spacial score (nSPS) is 19.0. The molecule has 2 fully saturated rings. The van der Waals surface area contributed by atoms with E-state index in [0.717, 1.165) is 13.0 Å². The topological polar surface area (TPSA) is 76.4 Å². The van der Waals surface area contributed by atoms with Crippen molar-refractivity contribution in [2.75, 3.05) is 26.2 Å². The van der Waals surface area contributed by atoms with Crippen molar-refractivity contribution in [2.45, 2.75) is 18.4 Å². The van der Waals surface area contributed by atoms with Gasteiger partial charge in [-0.3, -0.25) is 0 Å². The van der Waals surface area contributed by atoms with Gasteiger partial charge in [0.2, 0.25) is 0 Å². The van der Waals surface area contributed by atoms with Gasteiger partial charge in [0, 0.05) is 32.1 Å². The van der Waals surface area contributed by atoms with Gasteiger partial charge in [-0.05, 0) is 58.8 Å². The monoisotopic (exact) mass is 408 g/mol. The first-order chi connectivity index (χ1) is 14.7. The van der Waals surface area contributed by atoms with Gasteiger partial charge >= 0.3 is 6.03 Å². The summed E-state index contributed by atoms with van der Waals surface area (Å²) in [5.74, 6) is 1.33. The predicted octanol–water partition coefficient (Wildman–Crippen LogP) is 3.07. The third kappa shape index (κ3) is 3.70. The first kappa shape index (κ1) is 18.5. The lowest BCUT2D eigenvalue weighted by molar-refractivity contribution is 0.120. The van der Waals surface area contributed by atoms with Gasteiger partial charge in [-0.1, -0.05) is 12.1 Å². The van der Waals surface area contributed by atoms with Crippen LogP contribution < -0.4 is 4.74 Å². The van der Waals surface area contributed by atoms with Crippen LogP contribution in [0.4, 0.5) is 9.18 Å². The highest BCUT2D eigenvalue weighted by Crippen LogP contribution is 2.31. The number of urea groups is 1. The van der Waals surface area contributed by atoms with Crippen molar-refractivity contribution < 1.29 is 13.9 Å². The van der Waals surface area contributed by atoms with Crippen LogP contribution in [-0.4, -0.2) is 62.2 Å². The minimum Gasteiger partial charge on any atom is -0.457 e. The molecule has 0 spiro atoms. The van der Waals surface area contributed by atoms with Crippen LogP contribution in [0, 0.1) is 5.82 Å². The van der Waals surface area contributed by atoms with E-state index in [9.17, 15) is 9.18 Å². The Kier molecular flexibility index (Phi) is 4.78. The molecule has 1 unspecified atom stereocenters. The van der Waals surface area contributed by atoms with E-state index in [1.54, 1.807) is 23.1 Å². The van der Waals surface area contributed by atoms with E-state index in [2.05, 4.69) is 15.5 Å². The van der Waals surface area contributed by atoms with E-state index in [1.165, 1.54) is 17.7 Å². The molecule has 0 saturated carbocycles. The van der Waals surface area contributed by atoms with E-state index < -0.39 is 0 Å². The first-order valence-corrected chi connectivity index (χ1v) is 9.95. The molecule has 3 heterocycles. The lowest BCUT2D eigenvalue weighted by atomic mass is 9.92. The van der Waals surface area contributed by atoms with Gasteiger partial charge in [-0.15, -0.1) is 5.10 Å². The van der Waals surface area contributed by atoms with Crippen molar-refractivity contribution in [1.82, 2.24) is 30.0 Å². The molecule has 0 aliphatic carbocycles. The number of likely N-dealkylation sites (tertiary alicyclic amines) is 2. The minimum atomic E-state index is -0.290. The molecule has 154 valence electrons. The number of carbonyl (C=O) groups is 1. The van der Waals surface area contributed by atoms with Crippen molar-refractivity contribution in [3.8, 4) is 11.5 Å². The molecule has 1 atom stereocenters. The Balaban J connectivity index is 1.13. The second-order valence-electron chi connectivity index (χ2n) is 7.69. The number of benzene rings is 2. The molecule has 2 amide bonds. The van der Waals surface area contributed by atoms with Gasteiger partial charge in [0.05, 0.1) is 6.04 Å². The summed E-state index contributed by atoms with van der Waals surface area (Å²) in [6, 6.07) is 14.0. The third-order valence-corrected chi connectivity index (χ3v) is 5.73. The number of halogens is 1. The Labute approximate surface area is 172 Å². The molecule has 0 bridgehead atoms. The molecule has 9 heteroatoms. The molecule has 2 aromatic carbocycles. The summed E-state index contributed by atoms with van der Waals surface area (Å²) in [6.07, 6.45) is 2.46. The summed E-state index contributed by atoms with van der Waals surface area (Å²) in [7, 11) is 0. The van der Waals surface area contributed by atoms with Gasteiger partial charge in [0.1, 0.15) is 23.6 Å². The van der Waals surface area contributed by atoms with Gasteiger partial charge in [-0.25, -0.2) is 13.9 Å². The van der Waals surface area contributed by atoms with Gasteiger partial charge < -0.3 is 14.5 Å². The molecule has 2 aliphatic rings. The number of nitrogens with zero attached hydrogens (tertiary/aromatic N) is 6. The largest absolute Gasteiger partial charge is 0.457 e. The summed E-state index contributed by atoms with van der Waals surface area (Å²) in [4.78, 5) is 16.5. The molecule has 1 aromatic heterocycles. The Hall–Kier alpha value is -3.49. The highest BCUT2D eigenvalue weighted by molar-refractivity contribution is 5.76.